The summed E-state index contributed by atoms with van der Waals surface area (Å²) in [6.45, 7) is 2.00. The molecule has 0 unspecified atom stereocenters. The quantitative estimate of drug-likeness (QED) is 0.395. The van der Waals surface area contributed by atoms with Crippen LogP contribution in [0.15, 0.2) is 48.5 Å². The molecule has 0 saturated heterocycles. The van der Waals surface area contributed by atoms with Crippen LogP contribution in [-0.2, 0) is 0 Å². The first-order chi connectivity index (χ1) is 12.9. The smallest absolute Gasteiger partial charge is 0.287 e. The summed E-state index contributed by atoms with van der Waals surface area (Å²) in [5.41, 5.74) is 8.45. The van der Waals surface area contributed by atoms with E-state index in [1.54, 1.807) is 6.07 Å². The van der Waals surface area contributed by atoms with Gasteiger partial charge in [-0.3, -0.25) is 20.7 Å². The van der Waals surface area contributed by atoms with E-state index in [4.69, 9.17) is 23.8 Å². The number of aromatic amines is 1. The number of hydrogen-bond donors (Lipinski definition) is 4. The normalized spacial score (nSPS) is 10.3. The van der Waals surface area contributed by atoms with Gasteiger partial charge in [0.2, 0.25) is 0 Å². The zero-order valence-electron chi connectivity index (χ0n) is 14.1. The minimum Gasteiger partial charge on any atom is -0.331 e. The number of aromatic nitrogens is 2. The van der Waals surface area contributed by atoms with E-state index >= 15 is 0 Å². The van der Waals surface area contributed by atoms with Gasteiger partial charge in [-0.05, 0) is 43.4 Å². The second-order valence-corrected chi connectivity index (χ2v) is 6.51. The first-order valence-electron chi connectivity index (χ1n) is 7.87. The Balaban J connectivity index is 1.56. The van der Waals surface area contributed by atoms with Crippen LogP contribution in [-0.4, -0.2) is 21.2 Å². The molecule has 0 aliphatic heterocycles. The third-order valence-corrected chi connectivity index (χ3v) is 4.13. The zero-order chi connectivity index (χ0) is 19.4. The van der Waals surface area contributed by atoms with Crippen molar-refractivity contribution in [1.29, 1.82) is 0 Å². The van der Waals surface area contributed by atoms with Crippen molar-refractivity contribution in [2.75, 3.05) is 5.32 Å². The number of rotatable bonds is 3. The fourth-order valence-corrected chi connectivity index (χ4v) is 2.58. The van der Waals surface area contributed by atoms with E-state index in [2.05, 4.69) is 26.4 Å². The molecule has 27 heavy (non-hydrogen) atoms. The molecule has 0 bridgehead atoms. The number of benzene rings is 2. The lowest BCUT2D eigenvalue weighted by Gasteiger charge is -2.11. The van der Waals surface area contributed by atoms with Crippen molar-refractivity contribution >= 4 is 40.5 Å². The van der Waals surface area contributed by atoms with E-state index < -0.39 is 11.7 Å². The van der Waals surface area contributed by atoms with Gasteiger partial charge in [0, 0.05) is 11.3 Å². The number of halogens is 2. The lowest BCUT2D eigenvalue weighted by molar-refractivity contribution is 0.0939. The Bertz CT molecular complexity index is 990. The van der Waals surface area contributed by atoms with E-state index in [1.807, 2.05) is 31.2 Å². The predicted molar refractivity (Wildman–Crippen MR) is 107 cm³/mol. The van der Waals surface area contributed by atoms with Crippen molar-refractivity contribution in [3.05, 3.63) is 70.6 Å². The number of amides is 1. The summed E-state index contributed by atoms with van der Waals surface area (Å²) >= 11 is 10.8. The van der Waals surface area contributed by atoms with Gasteiger partial charge in [-0.2, -0.15) is 5.10 Å². The number of thiocarbonyl (C=S) groups is 1. The molecule has 2 aromatic carbocycles. The highest BCUT2D eigenvalue weighted by atomic mass is 35.5. The predicted octanol–water partition coefficient (Wildman–Crippen LogP) is 3.81. The molecule has 1 amide bonds. The lowest BCUT2D eigenvalue weighted by Crippen LogP contribution is -2.43. The fourth-order valence-electron chi connectivity index (χ4n) is 2.23. The number of hydrazine groups is 1. The Morgan fingerprint density at radius 3 is 2.59 bits per heavy atom. The standard InChI is InChI=1S/C18H15ClFN5OS/c1-10-2-4-11(5-3-10)15-9-16(23-22-15)17(26)24-25-18(27)21-12-6-7-14(20)13(19)8-12/h2-9H,1H3,(H,22,23)(H,24,26)(H2,21,25,27). The second kappa shape index (κ2) is 8.15. The number of anilines is 1. The Labute approximate surface area is 165 Å². The maximum absolute atomic E-state index is 13.1. The topological polar surface area (TPSA) is 81.8 Å². The van der Waals surface area contributed by atoms with Crippen LogP contribution >= 0.6 is 23.8 Å². The Morgan fingerprint density at radius 1 is 1.15 bits per heavy atom. The number of carbonyl (C=O) groups is 1. The van der Waals surface area contributed by atoms with Gasteiger partial charge < -0.3 is 5.32 Å². The van der Waals surface area contributed by atoms with Crippen LogP contribution in [0.3, 0.4) is 0 Å². The number of nitrogens with one attached hydrogen (secondary N) is 4. The van der Waals surface area contributed by atoms with Crippen LogP contribution in [0.5, 0.6) is 0 Å². The second-order valence-electron chi connectivity index (χ2n) is 5.70. The number of carbonyl (C=O) groups excluding carboxylic acids is 1. The molecule has 1 aromatic heterocycles. The lowest BCUT2D eigenvalue weighted by atomic mass is 10.1. The van der Waals surface area contributed by atoms with Crippen molar-refractivity contribution < 1.29 is 9.18 Å². The van der Waals surface area contributed by atoms with Gasteiger partial charge >= 0.3 is 0 Å². The number of hydrogen-bond acceptors (Lipinski definition) is 3. The number of H-pyrrole nitrogens is 1. The molecule has 138 valence electrons. The highest BCUT2D eigenvalue weighted by Crippen LogP contribution is 2.19. The molecule has 0 atom stereocenters. The molecule has 0 aliphatic rings. The summed E-state index contributed by atoms with van der Waals surface area (Å²) in [6, 6.07) is 13.5. The molecule has 0 radical (unpaired) electrons. The Hall–Kier alpha value is -2.97. The SMILES string of the molecule is Cc1ccc(-c2cc(C(=O)NNC(=S)Nc3ccc(F)c(Cl)c3)[nH]n2)cc1. The minimum atomic E-state index is -0.530. The molecule has 3 aromatic rings. The molecule has 0 spiro atoms. The van der Waals surface area contributed by atoms with Gasteiger partial charge in [-0.1, -0.05) is 41.4 Å². The first-order valence-corrected chi connectivity index (χ1v) is 8.66. The van der Waals surface area contributed by atoms with Crippen molar-refractivity contribution in [2.24, 2.45) is 0 Å². The average Bonchev–Trinajstić information content (AvgIpc) is 3.13. The van der Waals surface area contributed by atoms with E-state index in [0.717, 1.165) is 11.1 Å². The highest BCUT2D eigenvalue weighted by molar-refractivity contribution is 7.80. The van der Waals surface area contributed by atoms with E-state index in [1.165, 1.54) is 18.2 Å². The molecule has 1 heterocycles. The summed E-state index contributed by atoms with van der Waals surface area (Å²) in [5, 5.41) is 9.68. The van der Waals surface area contributed by atoms with Gasteiger partial charge in [-0.15, -0.1) is 0 Å². The minimum absolute atomic E-state index is 0.0343. The van der Waals surface area contributed by atoms with Crippen LogP contribution in [0.4, 0.5) is 10.1 Å². The molecular formula is C18H15ClFN5OS. The first kappa shape index (κ1) is 18.8. The summed E-state index contributed by atoms with van der Waals surface area (Å²) < 4.78 is 13.1. The molecule has 0 aliphatic carbocycles. The van der Waals surface area contributed by atoms with Gasteiger partial charge in [0.1, 0.15) is 11.5 Å². The van der Waals surface area contributed by atoms with Crippen LogP contribution in [0.2, 0.25) is 5.02 Å². The molecule has 0 fully saturated rings. The summed E-state index contributed by atoms with van der Waals surface area (Å²) in [4.78, 5) is 12.2. The highest BCUT2D eigenvalue weighted by Gasteiger charge is 2.11. The Kier molecular flexibility index (Phi) is 5.68. The summed E-state index contributed by atoms with van der Waals surface area (Å²) in [5.74, 6) is -0.972. The molecule has 6 nitrogen and oxygen atoms in total. The summed E-state index contributed by atoms with van der Waals surface area (Å²) in [7, 11) is 0. The van der Waals surface area contributed by atoms with Gasteiger partial charge in [-0.25, -0.2) is 4.39 Å². The van der Waals surface area contributed by atoms with E-state index in [0.29, 0.717) is 11.4 Å². The molecule has 3 rings (SSSR count). The summed E-state index contributed by atoms with van der Waals surface area (Å²) in [6.07, 6.45) is 0. The number of nitrogens with zero attached hydrogens (tertiary/aromatic N) is 1. The fraction of sp³-hybridized carbons (Fsp3) is 0.0556. The van der Waals surface area contributed by atoms with Crippen molar-refractivity contribution in [3.63, 3.8) is 0 Å². The van der Waals surface area contributed by atoms with Crippen LogP contribution in [0.25, 0.3) is 11.3 Å². The van der Waals surface area contributed by atoms with E-state index in [9.17, 15) is 9.18 Å². The van der Waals surface area contributed by atoms with Gasteiger partial charge in [0.15, 0.2) is 5.11 Å². The van der Waals surface area contributed by atoms with Gasteiger partial charge in [0.05, 0.1) is 10.7 Å². The largest absolute Gasteiger partial charge is 0.331 e. The van der Waals surface area contributed by atoms with Gasteiger partial charge in [0.25, 0.3) is 5.91 Å². The molecular weight excluding hydrogens is 389 g/mol. The van der Waals surface area contributed by atoms with Crippen LogP contribution in [0.1, 0.15) is 16.1 Å². The maximum Gasteiger partial charge on any atom is 0.287 e. The monoisotopic (exact) mass is 403 g/mol. The maximum atomic E-state index is 13.1. The molecule has 4 N–H and O–H groups in total. The van der Waals surface area contributed by atoms with Crippen LogP contribution in [0, 0.1) is 12.7 Å². The zero-order valence-corrected chi connectivity index (χ0v) is 15.7. The average molecular weight is 404 g/mol. The van der Waals surface area contributed by atoms with E-state index in [-0.39, 0.29) is 15.8 Å². The van der Waals surface area contributed by atoms with Crippen molar-refractivity contribution in [1.82, 2.24) is 21.0 Å². The Morgan fingerprint density at radius 2 is 1.89 bits per heavy atom. The third-order valence-electron chi connectivity index (χ3n) is 3.64. The van der Waals surface area contributed by atoms with Crippen molar-refractivity contribution in [2.45, 2.75) is 6.92 Å². The molecule has 0 saturated carbocycles. The van der Waals surface area contributed by atoms with Crippen molar-refractivity contribution in [3.8, 4) is 11.3 Å². The van der Waals surface area contributed by atoms with Crippen LogP contribution < -0.4 is 16.2 Å². The molecule has 9 heteroatoms. The number of aryl methyl sites for hydroxylation is 1. The third kappa shape index (κ3) is 4.81.